The molecule has 2 aliphatic rings. The van der Waals surface area contributed by atoms with Crippen LogP contribution in [0.3, 0.4) is 0 Å². The van der Waals surface area contributed by atoms with E-state index in [9.17, 15) is 9.59 Å². The summed E-state index contributed by atoms with van der Waals surface area (Å²) in [5, 5.41) is 2.75. The highest BCUT2D eigenvalue weighted by molar-refractivity contribution is 5.86. The largest absolute Gasteiger partial charge is 0.353 e. The first-order valence-corrected chi connectivity index (χ1v) is 7.98. The molecule has 2 amide bonds. The zero-order chi connectivity index (χ0) is 15.5. The minimum absolute atomic E-state index is 0.0590. The van der Waals surface area contributed by atoms with Crippen molar-refractivity contribution in [3.63, 3.8) is 0 Å². The fourth-order valence-corrected chi connectivity index (χ4v) is 3.40. The van der Waals surface area contributed by atoms with Crippen LogP contribution in [0.15, 0.2) is 24.3 Å². The Morgan fingerprint density at radius 3 is 3.00 bits per heavy atom. The lowest BCUT2D eigenvalue weighted by atomic mass is 10.0. The number of piperazine rings is 1. The lowest BCUT2D eigenvalue weighted by molar-refractivity contribution is -0.139. The van der Waals surface area contributed by atoms with Crippen molar-refractivity contribution >= 4 is 11.8 Å². The van der Waals surface area contributed by atoms with Gasteiger partial charge < -0.3 is 10.2 Å². The van der Waals surface area contributed by atoms with Gasteiger partial charge in [0.15, 0.2) is 0 Å². The van der Waals surface area contributed by atoms with Crippen molar-refractivity contribution in [1.29, 1.82) is 0 Å². The number of carbonyl (C=O) groups excluding carboxylic acids is 2. The van der Waals surface area contributed by atoms with Gasteiger partial charge in [0.05, 0.1) is 13.1 Å². The molecule has 0 saturated carbocycles. The molecule has 0 spiro atoms. The van der Waals surface area contributed by atoms with Crippen molar-refractivity contribution in [2.45, 2.75) is 25.8 Å². The van der Waals surface area contributed by atoms with E-state index in [1.165, 1.54) is 11.1 Å². The number of hydrogen-bond donors (Lipinski definition) is 1. The Bertz CT molecular complexity index is 573. The van der Waals surface area contributed by atoms with Gasteiger partial charge in [-0.05, 0) is 31.9 Å². The van der Waals surface area contributed by atoms with Crippen molar-refractivity contribution in [2.75, 3.05) is 32.7 Å². The number of hydrogen-bond acceptors (Lipinski definition) is 3. The molecule has 0 aromatic heterocycles. The smallest absolute Gasteiger partial charge is 0.239 e. The highest BCUT2D eigenvalue weighted by atomic mass is 16.2. The van der Waals surface area contributed by atoms with Crippen molar-refractivity contribution in [2.24, 2.45) is 0 Å². The molecule has 5 nitrogen and oxygen atoms in total. The van der Waals surface area contributed by atoms with E-state index in [2.05, 4.69) is 41.4 Å². The summed E-state index contributed by atoms with van der Waals surface area (Å²) in [4.78, 5) is 27.8. The number of rotatable bonds is 3. The average molecular weight is 301 g/mol. The normalized spacial score (nSPS) is 22.7. The van der Waals surface area contributed by atoms with Crippen LogP contribution in [-0.2, 0) is 9.59 Å². The van der Waals surface area contributed by atoms with Gasteiger partial charge in [-0.3, -0.25) is 14.5 Å². The Morgan fingerprint density at radius 1 is 1.36 bits per heavy atom. The number of nitrogens with one attached hydrogen (secondary N) is 1. The van der Waals surface area contributed by atoms with Crippen LogP contribution in [0.4, 0.5) is 0 Å². The molecule has 1 aromatic carbocycles. The van der Waals surface area contributed by atoms with E-state index in [1.807, 2.05) is 0 Å². The number of aryl methyl sites for hydroxylation is 1. The SMILES string of the molecule is Cc1cccc(C2CCCN2CC(=O)N2CCNC(=O)C2)c1. The van der Waals surface area contributed by atoms with Gasteiger partial charge in [0.2, 0.25) is 11.8 Å². The van der Waals surface area contributed by atoms with Crippen LogP contribution in [0.1, 0.15) is 30.0 Å². The van der Waals surface area contributed by atoms with E-state index in [0.717, 1.165) is 19.4 Å². The predicted molar refractivity (Wildman–Crippen MR) is 84.3 cm³/mol. The standard InChI is InChI=1S/C17H23N3O2/c1-13-4-2-5-14(10-13)15-6-3-8-19(15)12-17(22)20-9-7-18-16(21)11-20/h2,4-5,10,15H,3,6-9,11-12H2,1H3,(H,18,21). The molecular formula is C17H23N3O2. The number of carbonyl (C=O) groups is 2. The minimum Gasteiger partial charge on any atom is -0.353 e. The van der Waals surface area contributed by atoms with E-state index >= 15 is 0 Å². The lowest BCUT2D eigenvalue weighted by Gasteiger charge is -2.30. The van der Waals surface area contributed by atoms with Crippen molar-refractivity contribution in [1.82, 2.24) is 15.1 Å². The Labute approximate surface area is 131 Å². The second kappa shape index (κ2) is 6.48. The molecular weight excluding hydrogens is 278 g/mol. The summed E-state index contributed by atoms with van der Waals surface area (Å²) < 4.78 is 0. The maximum atomic E-state index is 12.4. The summed E-state index contributed by atoms with van der Waals surface area (Å²) in [5.41, 5.74) is 2.55. The molecule has 1 aromatic rings. The molecule has 1 N–H and O–H groups in total. The second-order valence-electron chi connectivity index (χ2n) is 6.21. The number of likely N-dealkylation sites (tertiary alicyclic amines) is 1. The van der Waals surface area contributed by atoms with Crippen LogP contribution < -0.4 is 5.32 Å². The van der Waals surface area contributed by atoms with E-state index in [-0.39, 0.29) is 18.4 Å². The van der Waals surface area contributed by atoms with Crippen LogP contribution in [0.2, 0.25) is 0 Å². The third kappa shape index (κ3) is 3.30. The van der Waals surface area contributed by atoms with Crippen LogP contribution in [0, 0.1) is 6.92 Å². The number of benzene rings is 1. The predicted octanol–water partition coefficient (Wildman–Crippen LogP) is 1.09. The fourth-order valence-electron chi connectivity index (χ4n) is 3.40. The van der Waals surface area contributed by atoms with Crippen molar-refractivity contribution in [3.05, 3.63) is 35.4 Å². The first-order valence-electron chi connectivity index (χ1n) is 7.98. The van der Waals surface area contributed by atoms with E-state index in [4.69, 9.17) is 0 Å². The maximum absolute atomic E-state index is 12.4. The highest BCUT2D eigenvalue weighted by Crippen LogP contribution is 2.32. The van der Waals surface area contributed by atoms with Gasteiger partial charge in [0.1, 0.15) is 0 Å². The van der Waals surface area contributed by atoms with E-state index in [1.54, 1.807) is 4.90 Å². The molecule has 0 aliphatic carbocycles. The quantitative estimate of drug-likeness (QED) is 0.909. The van der Waals surface area contributed by atoms with E-state index < -0.39 is 0 Å². The molecule has 2 aliphatic heterocycles. The fraction of sp³-hybridized carbons (Fsp3) is 0.529. The van der Waals surface area contributed by atoms with Gasteiger partial charge >= 0.3 is 0 Å². The summed E-state index contributed by atoms with van der Waals surface area (Å²) in [6.07, 6.45) is 2.21. The molecule has 0 radical (unpaired) electrons. The van der Waals surface area contributed by atoms with Crippen LogP contribution in [0.25, 0.3) is 0 Å². The summed E-state index contributed by atoms with van der Waals surface area (Å²) >= 11 is 0. The monoisotopic (exact) mass is 301 g/mol. The zero-order valence-electron chi connectivity index (χ0n) is 13.0. The first-order chi connectivity index (χ1) is 10.6. The Kier molecular flexibility index (Phi) is 4.43. The van der Waals surface area contributed by atoms with Crippen LogP contribution in [0.5, 0.6) is 0 Å². The number of nitrogens with zero attached hydrogens (tertiary/aromatic N) is 2. The molecule has 5 heteroatoms. The van der Waals surface area contributed by atoms with Crippen LogP contribution >= 0.6 is 0 Å². The van der Waals surface area contributed by atoms with Crippen molar-refractivity contribution < 1.29 is 9.59 Å². The molecule has 118 valence electrons. The van der Waals surface area contributed by atoms with Gasteiger partial charge in [-0.15, -0.1) is 0 Å². The maximum Gasteiger partial charge on any atom is 0.239 e. The van der Waals surface area contributed by atoms with Crippen molar-refractivity contribution in [3.8, 4) is 0 Å². The number of amides is 2. The minimum atomic E-state index is -0.0590. The topological polar surface area (TPSA) is 52.7 Å². The summed E-state index contributed by atoms with van der Waals surface area (Å²) in [6.45, 7) is 4.83. The summed E-state index contributed by atoms with van der Waals surface area (Å²) in [6, 6.07) is 8.86. The molecule has 2 saturated heterocycles. The molecule has 3 rings (SSSR count). The second-order valence-corrected chi connectivity index (χ2v) is 6.21. The van der Waals surface area contributed by atoms with Gasteiger partial charge in [-0.2, -0.15) is 0 Å². The van der Waals surface area contributed by atoms with E-state index in [0.29, 0.717) is 25.7 Å². The van der Waals surface area contributed by atoms with Gasteiger partial charge in [-0.1, -0.05) is 29.8 Å². The average Bonchev–Trinajstić information content (AvgIpc) is 2.95. The van der Waals surface area contributed by atoms with Crippen LogP contribution in [-0.4, -0.2) is 54.3 Å². The highest BCUT2D eigenvalue weighted by Gasteiger charge is 2.30. The molecule has 1 atom stereocenters. The molecule has 1 unspecified atom stereocenters. The third-order valence-electron chi connectivity index (χ3n) is 4.52. The summed E-state index contributed by atoms with van der Waals surface area (Å²) in [5.74, 6) is 0.00524. The molecule has 2 heterocycles. The zero-order valence-corrected chi connectivity index (χ0v) is 13.0. The van der Waals surface area contributed by atoms with Gasteiger partial charge in [-0.25, -0.2) is 0 Å². The Morgan fingerprint density at radius 2 is 2.23 bits per heavy atom. The third-order valence-corrected chi connectivity index (χ3v) is 4.52. The van der Waals surface area contributed by atoms with Gasteiger partial charge in [0, 0.05) is 19.1 Å². The first kappa shape index (κ1) is 15.0. The molecule has 22 heavy (non-hydrogen) atoms. The Hall–Kier alpha value is -1.88. The molecule has 2 fully saturated rings. The summed E-state index contributed by atoms with van der Waals surface area (Å²) in [7, 11) is 0. The lowest BCUT2D eigenvalue weighted by Crippen LogP contribution is -2.52. The Balaban J connectivity index is 1.66. The van der Waals surface area contributed by atoms with Gasteiger partial charge in [0.25, 0.3) is 0 Å². The molecule has 0 bridgehead atoms.